The molecule has 0 aromatic heterocycles. The van der Waals surface area contributed by atoms with E-state index in [4.69, 9.17) is 0 Å². The monoisotopic (exact) mass is 877 g/mol. The fourth-order valence-electron chi connectivity index (χ4n) is 6.71. The molecule has 2 heteroatoms. The molecule has 2 heterocycles. The summed E-state index contributed by atoms with van der Waals surface area (Å²) in [6.07, 6.45) is 95.7. The Bertz CT molecular complexity index is 1320. The van der Waals surface area contributed by atoms with Crippen LogP contribution in [0.3, 0.4) is 0 Å². The van der Waals surface area contributed by atoms with Crippen molar-refractivity contribution in [2.24, 2.45) is 9.98 Å². The molecule has 0 unspecified atom stereocenters. The van der Waals surface area contributed by atoms with Gasteiger partial charge in [0.15, 0.2) is 0 Å². The van der Waals surface area contributed by atoms with E-state index in [0.717, 1.165) is 45.2 Å². The first-order valence-electron chi connectivity index (χ1n) is 26.0. The number of hydrogen-bond acceptors (Lipinski definition) is 2. The standard InChI is InChI=1S/C7H8.C6H12.C6H8.C6H6.C5H10.3C5H8.2C5H6.C4H7N.C4H5N/c1-2-4-6-7-5-3-1;3*1-2-4-6-5-3-1;8*1-2-4-5-3-1/h1-6H,7H2;1-6H2;1-2,5-6H,3-4H2;1-6H;1-5H2;3*1-2H,3-5H2;2*1-4H,5H2;3H,1-2,4H2;1-3H,4H2. The summed E-state index contributed by atoms with van der Waals surface area (Å²) in [5.74, 6) is 0. The van der Waals surface area contributed by atoms with Gasteiger partial charge < -0.3 is 0 Å². The number of rotatable bonds is 0. The quantitative estimate of drug-likeness (QED) is 0.232. The van der Waals surface area contributed by atoms with Crippen molar-refractivity contribution < 1.29 is 0 Å². The van der Waals surface area contributed by atoms with E-state index in [0.29, 0.717) is 0 Å². The summed E-state index contributed by atoms with van der Waals surface area (Å²) in [7, 11) is 0. The molecule has 12 rings (SSSR count). The van der Waals surface area contributed by atoms with Gasteiger partial charge in [0.1, 0.15) is 0 Å². The minimum atomic E-state index is 0.889. The van der Waals surface area contributed by atoms with Crippen LogP contribution in [0.5, 0.6) is 0 Å². The molecule has 354 valence electrons. The molecule has 0 amide bonds. The van der Waals surface area contributed by atoms with E-state index in [1.165, 1.54) is 141 Å². The Morgan fingerprint density at radius 2 is 0.523 bits per heavy atom. The molecule has 65 heavy (non-hydrogen) atoms. The van der Waals surface area contributed by atoms with Gasteiger partial charge in [0.25, 0.3) is 0 Å². The van der Waals surface area contributed by atoms with E-state index in [1.807, 2.05) is 66.9 Å². The highest BCUT2D eigenvalue weighted by molar-refractivity contribution is 5.73. The molecular weight excluding hydrogens is 785 g/mol. The highest BCUT2D eigenvalue weighted by atomic mass is 14.7. The first kappa shape index (κ1) is 58.2. The van der Waals surface area contributed by atoms with Gasteiger partial charge in [0.2, 0.25) is 0 Å². The predicted octanol–water partition coefficient (Wildman–Crippen LogP) is 19.6. The van der Waals surface area contributed by atoms with Crippen molar-refractivity contribution in [3.63, 3.8) is 0 Å². The molecule has 1 aromatic rings. The largest absolute Gasteiger partial charge is 0.298 e. The van der Waals surface area contributed by atoms with E-state index in [-0.39, 0.29) is 0 Å². The summed E-state index contributed by atoms with van der Waals surface area (Å²) in [4.78, 5) is 7.81. The van der Waals surface area contributed by atoms with E-state index in [9.17, 15) is 0 Å². The summed E-state index contributed by atoms with van der Waals surface area (Å²) < 4.78 is 0. The van der Waals surface area contributed by atoms with Crippen LogP contribution < -0.4 is 0 Å². The molecule has 11 aliphatic rings. The van der Waals surface area contributed by atoms with Gasteiger partial charge in [0.05, 0.1) is 6.54 Å². The minimum Gasteiger partial charge on any atom is -0.298 e. The summed E-state index contributed by atoms with van der Waals surface area (Å²) in [5, 5.41) is 0. The average Bonchev–Trinajstić information content (AvgIpc) is 4.23. The van der Waals surface area contributed by atoms with Crippen LogP contribution in [-0.2, 0) is 0 Å². The molecule has 9 aliphatic carbocycles. The van der Waals surface area contributed by atoms with Crippen molar-refractivity contribution in [3.05, 3.63) is 194 Å². The van der Waals surface area contributed by atoms with Crippen LogP contribution in [-0.4, -0.2) is 25.5 Å². The molecule has 0 atom stereocenters. The summed E-state index contributed by atoms with van der Waals surface area (Å²) in [6, 6.07) is 12.0. The van der Waals surface area contributed by atoms with Crippen LogP contribution >= 0.6 is 0 Å². The van der Waals surface area contributed by atoms with Gasteiger partial charge in [-0.2, -0.15) is 0 Å². The zero-order valence-electron chi connectivity index (χ0n) is 41.0. The molecule has 0 radical (unpaired) electrons. The fourth-order valence-corrected chi connectivity index (χ4v) is 6.71. The van der Waals surface area contributed by atoms with Crippen molar-refractivity contribution in [2.45, 2.75) is 173 Å². The maximum atomic E-state index is 3.96. The summed E-state index contributed by atoms with van der Waals surface area (Å²) in [6.45, 7) is 1.96. The topological polar surface area (TPSA) is 24.7 Å². The fraction of sp³-hybridized carbons (Fsp3) is 0.460. The van der Waals surface area contributed by atoms with Crippen LogP contribution in [0.4, 0.5) is 0 Å². The number of nitrogens with zero attached hydrogens (tertiary/aromatic N) is 2. The zero-order chi connectivity index (χ0) is 46.0. The Morgan fingerprint density at radius 1 is 0.215 bits per heavy atom. The zero-order valence-corrected chi connectivity index (χ0v) is 41.0. The predicted molar refractivity (Wildman–Crippen MR) is 297 cm³/mol. The van der Waals surface area contributed by atoms with Crippen LogP contribution in [0.1, 0.15) is 173 Å². The van der Waals surface area contributed by atoms with Crippen LogP contribution in [0.15, 0.2) is 204 Å². The third kappa shape index (κ3) is 53.4. The van der Waals surface area contributed by atoms with Gasteiger partial charge in [-0.3, -0.25) is 9.98 Å². The average molecular weight is 877 g/mol. The van der Waals surface area contributed by atoms with Gasteiger partial charge in [-0.15, -0.1) is 0 Å². The van der Waals surface area contributed by atoms with Crippen LogP contribution in [0.2, 0.25) is 0 Å². The smallest absolute Gasteiger partial charge is 0.0573 e. The van der Waals surface area contributed by atoms with Crippen LogP contribution in [0, 0.1) is 0 Å². The van der Waals surface area contributed by atoms with E-state index in [2.05, 4.69) is 144 Å². The Balaban J connectivity index is 0.000000355. The van der Waals surface area contributed by atoms with Crippen LogP contribution in [0.25, 0.3) is 0 Å². The van der Waals surface area contributed by atoms with Gasteiger partial charge in [0, 0.05) is 12.8 Å². The molecular formula is C63H92N2. The Kier molecular flexibility index (Phi) is 49.5. The number of hydrogen-bond donors (Lipinski definition) is 0. The Hall–Kier alpha value is -4.82. The normalized spacial score (nSPS) is 18.8. The van der Waals surface area contributed by atoms with Crippen molar-refractivity contribution >= 4 is 12.4 Å². The van der Waals surface area contributed by atoms with Crippen molar-refractivity contribution in [3.8, 4) is 0 Å². The molecule has 2 aliphatic heterocycles. The Labute approximate surface area is 401 Å². The first-order valence-corrected chi connectivity index (χ1v) is 26.0. The molecule has 2 nitrogen and oxygen atoms in total. The highest BCUT2D eigenvalue weighted by Gasteiger charge is 1.96. The minimum absolute atomic E-state index is 0.889. The molecule has 2 saturated carbocycles. The van der Waals surface area contributed by atoms with E-state index < -0.39 is 0 Å². The second-order valence-electron chi connectivity index (χ2n) is 16.5. The Morgan fingerprint density at radius 3 is 0.692 bits per heavy atom. The maximum absolute atomic E-state index is 3.96. The van der Waals surface area contributed by atoms with Crippen molar-refractivity contribution in [1.29, 1.82) is 0 Å². The number of benzene rings is 1. The van der Waals surface area contributed by atoms with Gasteiger partial charge >= 0.3 is 0 Å². The van der Waals surface area contributed by atoms with E-state index >= 15 is 0 Å². The van der Waals surface area contributed by atoms with Gasteiger partial charge in [-0.05, 0) is 115 Å². The molecule has 2 fully saturated rings. The van der Waals surface area contributed by atoms with E-state index in [1.54, 1.807) is 6.21 Å². The second-order valence-corrected chi connectivity index (χ2v) is 16.5. The van der Waals surface area contributed by atoms with Gasteiger partial charge in [-0.25, -0.2) is 0 Å². The lowest BCUT2D eigenvalue weighted by Crippen LogP contribution is -1.85. The molecule has 0 bridgehead atoms. The third-order valence-electron chi connectivity index (χ3n) is 10.5. The summed E-state index contributed by atoms with van der Waals surface area (Å²) >= 11 is 0. The first-order chi connectivity index (χ1) is 32.5. The summed E-state index contributed by atoms with van der Waals surface area (Å²) in [5.41, 5.74) is 0. The lowest BCUT2D eigenvalue weighted by molar-refractivity contribution is 0.504. The number of allylic oxidation sites excluding steroid dienone is 25. The molecule has 1 aromatic carbocycles. The molecule has 0 N–H and O–H groups in total. The SMILES string of the molecule is C1=CC=CCC=C1.C1=CCC=C1.C1=CCC=C1.C1=CCC=CC1.C1=CCCC1.C1=CCCC1.C1=CCCC1.C1=CCN=C1.C1=NCCC1.C1CCCC1.C1CCCCC1.c1ccccc1. The van der Waals surface area contributed by atoms with Crippen molar-refractivity contribution in [1.82, 2.24) is 0 Å². The lowest BCUT2D eigenvalue weighted by atomic mass is 10.0. The second kappa shape index (κ2) is 55.3. The molecule has 0 saturated heterocycles. The lowest BCUT2D eigenvalue weighted by Gasteiger charge is -2.05. The number of aliphatic imine (C=N–C) groups is 2. The third-order valence-corrected chi connectivity index (χ3v) is 10.5. The molecule has 0 spiro atoms. The highest BCUT2D eigenvalue weighted by Crippen LogP contribution is 2.16. The van der Waals surface area contributed by atoms with Crippen molar-refractivity contribution in [2.75, 3.05) is 13.1 Å². The maximum Gasteiger partial charge on any atom is 0.0573 e. The van der Waals surface area contributed by atoms with Gasteiger partial charge in [-0.1, -0.05) is 259 Å².